The zero-order valence-corrected chi connectivity index (χ0v) is 7.95. The Morgan fingerprint density at radius 2 is 1.77 bits per heavy atom. The van der Waals surface area contributed by atoms with E-state index in [4.69, 9.17) is 4.55 Å². The van der Waals surface area contributed by atoms with Crippen LogP contribution in [0.5, 0.6) is 0 Å². The molecule has 0 fully saturated rings. The molecule has 3 nitrogen and oxygen atoms in total. The molecule has 0 aliphatic heterocycles. The zero-order chi connectivity index (χ0) is 9.90. The molecule has 4 heteroatoms. The van der Waals surface area contributed by atoms with Gasteiger partial charge in [-0.15, -0.1) is 0 Å². The summed E-state index contributed by atoms with van der Waals surface area (Å²) in [4.78, 5) is -0.0826. The molecule has 1 rings (SSSR count). The first kappa shape index (κ1) is 9.95. The average molecular weight is 198 g/mol. The van der Waals surface area contributed by atoms with E-state index in [0.717, 1.165) is 5.56 Å². The number of rotatable bonds is 2. The maximum absolute atomic E-state index is 10.6. The van der Waals surface area contributed by atoms with Crippen LogP contribution in [0.3, 0.4) is 0 Å². The van der Waals surface area contributed by atoms with Crippen LogP contribution in [0.1, 0.15) is 12.5 Å². The van der Waals surface area contributed by atoms with Crippen molar-refractivity contribution in [2.75, 3.05) is 0 Å². The highest BCUT2D eigenvalue weighted by Gasteiger charge is 2.07. The zero-order valence-electron chi connectivity index (χ0n) is 7.14. The number of benzene rings is 1. The largest absolute Gasteiger partial charge is 0.294 e. The molecule has 0 heterocycles. The van der Waals surface area contributed by atoms with Gasteiger partial charge in [0.05, 0.1) is 4.90 Å². The molecule has 70 valence electrons. The maximum Gasteiger partial charge on any atom is 0.294 e. The van der Waals surface area contributed by atoms with Gasteiger partial charge in [0.1, 0.15) is 0 Å². The van der Waals surface area contributed by atoms with Gasteiger partial charge in [0.15, 0.2) is 0 Å². The molecule has 0 atom stereocenters. The molecule has 0 saturated carbocycles. The van der Waals surface area contributed by atoms with Crippen molar-refractivity contribution in [1.29, 1.82) is 0 Å². The van der Waals surface area contributed by atoms with Crippen LogP contribution in [-0.2, 0) is 10.1 Å². The molecular weight excluding hydrogens is 188 g/mol. The van der Waals surface area contributed by atoms with E-state index in [1.165, 1.54) is 12.1 Å². The Morgan fingerprint density at radius 1 is 1.23 bits per heavy atom. The van der Waals surface area contributed by atoms with E-state index >= 15 is 0 Å². The van der Waals surface area contributed by atoms with Crippen LogP contribution in [0.4, 0.5) is 0 Å². The summed E-state index contributed by atoms with van der Waals surface area (Å²) in [5.41, 5.74) is 0.898. The molecule has 0 aromatic heterocycles. The summed E-state index contributed by atoms with van der Waals surface area (Å²) < 4.78 is 29.9. The van der Waals surface area contributed by atoms with E-state index in [-0.39, 0.29) is 4.90 Å². The standard InChI is InChI=1S/C9H10O3S/c1-2-3-8-4-6-9(7-5-8)13(10,11)12/h2-7H,1H3,(H,10,11,12)/b3-2+. The Morgan fingerprint density at radius 3 is 2.15 bits per heavy atom. The van der Waals surface area contributed by atoms with E-state index in [1.807, 2.05) is 19.1 Å². The van der Waals surface area contributed by atoms with Crippen molar-refractivity contribution in [3.8, 4) is 0 Å². The van der Waals surface area contributed by atoms with Gasteiger partial charge in [0.25, 0.3) is 10.1 Å². The van der Waals surface area contributed by atoms with Crippen molar-refractivity contribution >= 4 is 16.2 Å². The third-order valence-corrected chi connectivity index (χ3v) is 2.40. The van der Waals surface area contributed by atoms with Crippen LogP contribution in [0.15, 0.2) is 35.2 Å². The van der Waals surface area contributed by atoms with Crippen molar-refractivity contribution in [2.45, 2.75) is 11.8 Å². The SMILES string of the molecule is C/C=C/c1ccc(S(=O)(=O)O)cc1. The van der Waals surface area contributed by atoms with E-state index in [9.17, 15) is 8.42 Å². The maximum atomic E-state index is 10.6. The fourth-order valence-electron chi connectivity index (χ4n) is 0.943. The van der Waals surface area contributed by atoms with E-state index in [1.54, 1.807) is 12.1 Å². The van der Waals surface area contributed by atoms with Gasteiger partial charge in [-0.3, -0.25) is 4.55 Å². The fourth-order valence-corrected chi connectivity index (χ4v) is 1.42. The van der Waals surface area contributed by atoms with Gasteiger partial charge in [-0.2, -0.15) is 8.42 Å². The molecule has 0 aliphatic rings. The van der Waals surface area contributed by atoms with Gasteiger partial charge in [0, 0.05) is 0 Å². The lowest BCUT2D eigenvalue weighted by Gasteiger charge is -1.96. The Bertz CT molecular complexity index is 401. The predicted octanol–water partition coefficient (Wildman–Crippen LogP) is 1.97. The summed E-state index contributed by atoms with van der Waals surface area (Å²) in [6, 6.07) is 5.99. The molecule has 1 aromatic rings. The monoisotopic (exact) mass is 198 g/mol. The van der Waals surface area contributed by atoms with Crippen molar-refractivity contribution in [1.82, 2.24) is 0 Å². The lowest BCUT2D eigenvalue weighted by atomic mass is 10.2. The second-order valence-electron chi connectivity index (χ2n) is 2.54. The predicted molar refractivity (Wildman–Crippen MR) is 51.0 cm³/mol. The molecule has 1 aromatic carbocycles. The van der Waals surface area contributed by atoms with E-state index in [2.05, 4.69) is 0 Å². The Labute approximate surface area is 77.5 Å². The summed E-state index contributed by atoms with van der Waals surface area (Å²) >= 11 is 0. The molecule has 0 spiro atoms. The Balaban J connectivity index is 3.08. The average Bonchev–Trinajstić information content (AvgIpc) is 2.04. The van der Waals surface area contributed by atoms with Crippen LogP contribution in [-0.4, -0.2) is 13.0 Å². The molecule has 0 saturated heterocycles. The van der Waals surface area contributed by atoms with Crippen molar-refractivity contribution in [3.63, 3.8) is 0 Å². The molecule has 0 amide bonds. The second-order valence-corrected chi connectivity index (χ2v) is 3.97. The summed E-state index contributed by atoms with van der Waals surface area (Å²) in [5.74, 6) is 0. The number of hydrogen-bond acceptors (Lipinski definition) is 2. The fraction of sp³-hybridized carbons (Fsp3) is 0.111. The summed E-state index contributed by atoms with van der Waals surface area (Å²) in [7, 11) is -4.06. The molecular formula is C9H10O3S. The summed E-state index contributed by atoms with van der Waals surface area (Å²) in [6.07, 6.45) is 3.69. The quantitative estimate of drug-likeness (QED) is 0.739. The van der Waals surface area contributed by atoms with E-state index in [0.29, 0.717) is 0 Å². The molecule has 0 bridgehead atoms. The van der Waals surface area contributed by atoms with Gasteiger partial charge >= 0.3 is 0 Å². The third-order valence-electron chi connectivity index (χ3n) is 1.54. The first-order valence-corrected chi connectivity index (χ1v) is 5.18. The summed E-state index contributed by atoms with van der Waals surface area (Å²) in [6.45, 7) is 1.87. The van der Waals surface area contributed by atoms with Crippen LogP contribution in [0.25, 0.3) is 6.08 Å². The highest BCUT2D eigenvalue weighted by molar-refractivity contribution is 7.85. The normalized spacial score (nSPS) is 12.2. The van der Waals surface area contributed by atoms with Crippen LogP contribution < -0.4 is 0 Å². The van der Waals surface area contributed by atoms with Gasteiger partial charge in [-0.1, -0.05) is 24.3 Å². The Kier molecular flexibility index (Phi) is 2.85. The smallest absolute Gasteiger partial charge is 0.282 e. The minimum absolute atomic E-state index is 0.0826. The van der Waals surface area contributed by atoms with Gasteiger partial charge < -0.3 is 0 Å². The minimum atomic E-state index is -4.06. The molecule has 0 radical (unpaired) electrons. The second kappa shape index (κ2) is 3.72. The highest BCUT2D eigenvalue weighted by Crippen LogP contribution is 2.10. The summed E-state index contributed by atoms with van der Waals surface area (Å²) in [5, 5.41) is 0. The number of allylic oxidation sites excluding steroid dienone is 1. The van der Waals surface area contributed by atoms with Gasteiger partial charge in [-0.25, -0.2) is 0 Å². The third kappa shape index (κ3) is 2.68. The van der Waals surface area contributed by atoms with Crippen molar-refractivity contribution in [3.05, 3.63) is 35.9 Å². The van der Waals surface area contributed by atoms with Crippen LogP contribution in [0.2, 0.25) is 0 Å². The lowest BCUT2D eigenvalue weighted by Crippen LogP contribution is -1.96. The molecule has 0 aliphatic carbocycles. The van der Waals surface area contributed by atoms with Gasteiger partial charge in [0.2, 0.25) is 0 Å². The molecule has 13 heavy (non-hydrogen) atoms. The van der Waals surface area contributed by atoms with Crippen LogP contribution in [0, 0.1) is 0 Å². The Hall–Kier alpha value is -1.13. The molecule has 0 unspecified atom stereocenters. The lowest BCUT2D eigenvalue weighted by molar-refractivity contribution is 0.483. The van der Waals surface area contributed by atoms with Gasteiger partial charge in [-0.05, 0) is 24.6 Å². The van der Waals surface area contributed by atoms with Crippen LogP contribution >= 0.6 is 0 Å². The first-order chi connectivity index (χ1) is 6.04. The minimum Gasteiger partial charge on any atom is -0.282 e. The molecule has 1 N–H and O–H groups in total. The highest BCUT2D eigenvalue weighted by atomic mass is 32.2. The first-order valence-electron chi connectivity index (χ1n) is 3.74. The van der Waals surface area contributed by atoms with Crippen molar-refractivity contribution < 1.29 is 13.0 Å². The van der Waals surface area contributed by atoms with Crippen molar-refractivity contribution in [2.24, 2.45) is 0 Å². The number of hydrogen-bond donors (Lipinski definition) is 1. The van der Waals surface area contributed by atoms with E-state index < -0.39 is 10.1 Å². The topological polar surface area (TPSA) is 54.4 Å².